The first-order valence-electron chi connectivity index (χ1n) is 12.5. The summed E-state index contributed by atoms with van der Waals surface area (Å²) in [6, 6.07) is 14.5. The molecule has 0 spiro atoms. The molecule has 9 nitrogen and oxygen atoms in total. The number of likely N-dealkylation sites (N-methyl/N-ethyl adjacent to an activating group) is 1. The quantitative estimate of drug-likeness (QED) is 0.300. The number of carbonyl (C=O) groups excluding carboxylic acids is 5. The van der Waals surface area contributed by atoms with Gasteiger partial charge in [-0.15, -0.1) is 0 Å². The summed E-state index contributed by atoms with van der Waals surface area (Å²) >= 11 is 0. The Kier molecular flexibility index (Phi) is 9.54. The number of carbonyl (C=O) groups is 5. The number of benzene rings is 2. The minimum absolute atomic E-state index is 0.141. The summed E-state index contributed by atoms with van der Waals surface area (Å²) in [7, 11) is 1.51. The van der Waals surface area contributed by atoms with Crippen LogP contribution in [-0.4, -0.2) is 60.1 Å². The smallest absolute Gasteiger partial charge is 0.261 e. The summed E-state index contributed by atoms with van der Waals surface area (Å²) in [5, 5.41) is 8.13. The number of unbranched alkanes of at least 4 members (excludes halogenated alkanes) is 1. The highest BCUT2D eigenvalue weighted by molar-refractivity contribution is 6.21. The number of hydrogen-bond donors (Lipinski definition) is 3. The maximum absolute atomic E-state index is 13.0. The van der Waals surface area contributed by atoms with Crippen LogP contribution >= 0.6 is 0 Å². The molecule has 0 bridgehead atoms. The van der Waals surface area contributed by atoms with E-state index in [1.165, 1.54) is 11.9 Å². The lowest BCUT2D eigenvalue weighted by atomic mass is 10.0. The standard InChI is InChI=1S/C28H34N4O5/c1-18(2)24(26(35)30-22(25(34)29-3)17-19-11-5-4-6-12-19)31-23(33)15-9-10-16-32-27(36)20-13-7-8-14-21(20)28(32)37/h4-8,11-14,18,22,24H,9-10,15-17H2,1-3H3,(H,29,34)(H,30,35)(H,31,33)/t22-,24-/m0/s1. The van der Waals surface area contributed by atoms with Crippen molar-refractivity contribution in [1.82, 2.24) is 20.9 Å². The monoisotopic (exact) mass is 506 g/mol. The molecular weight excluding hydrogens is 472 g/mol. The largest absolute Gasteiger partial charge is 0.357 e. The van der Waals surface area contributed by atoms with Gasteiger partial charge in [0.05, 0.1) is 11.1 Å². The van der Waals surface area contributed by atoms with Crippen LogP contribution in [0.3, 0.4) is 0 Å². The van der Waals surface area contributed by atoms with E-state index in [0.717, 1.165) is 5.56 Å². The van der Waals surface area contributed by atoms with Crippen molar-refractivity contribution in [2.24, 2.45) is 5.92 Å². The summed E-state index contributed by atoms with van der Waals surface area (Å²) in [6.07, 6.45) is 1.37. The highest BCUT2D eigenvalue weighted by Crippen LogP contribution is 2.22. The third-order valence-corrected chi connectivity index (χ3v) is 6.34. The molecular formula is C28H34N4O5. The van der Waals surface area contributed by atoms with Crippen LogP contribution in [-0.2, 0) is 20.8 Å². The lowest BCUT2D eigenvalue weighted by Crippen LogP contribution is -2.55. The maximum Gasteiger partial charge on any atom is 0.261 e. The lowest BCUT2D eigenvalue weighted by molar-refractivity contribution is -0.132. The van der Waals surface area contributed by atoms with Gasteiger partial charge in [0.2, 0.25) is 17.7 Å². The van der Waals surface area contributed by atoms with Crippen LogP contribution in [0.2, 0.25) is 0 Å². The number of fused-ring (bicyclic) bond motifs is 1. The van der Waals surface area contributed by atoms with Crippen LogP contribution in [0.5, 0.6) is 0 Å². The van der Waals surface area contributed by atoms with Crippen molar-refractivity contribution in [1.29, 1.82) is 0 Å². The van der Waals surface area contributed by atoms with E-state index in [1.807, 2.05) is 44.2 Å². The topological polar surface area (TPSA) is 125 Å². The summed E-state index contributed by atoms with van der Waals surface area (Å²) in [5.74, 6) is -1.90. The Labute approximate surface area is 217 Å². The van der Waals surface area contributed by atoms with E-state index in [-0.39, 0.29) is 42.5 Å². The molecule has 1 aliphatic rings. The van der Waals surface area contributed by atoms with Gasteiger partial charge in [0.1, 0.15) is 12.1 Å². The molecule has 2 atom stereocenters. The molecule has 2 aromatic rings. The van der Waals surface area contributed by atoms with E-state index < -0.39 is 18.0 Å². The van der Waals surface area contributed by atoms with Crippen LogP contribution < -0.4 is 16.0 Å². The van der Waals surface area contributed by atoms with Crippen LogP contribution in [0.1, 0.15) is 59.4 Å². The van der Waals surface area contributed by atoms with Crippen LogP contribution in [0.25, 0.3) is 0 Å². The van der Waals surface area contributed by atoms with E-state index in [1.54, 1.807) is 24.3 Å². The third kappa shape index (κ3) is 7.03. The highest BCUT2D eigenvalue weighted by Gasteiger charge is 2.34. The molecule has 1 heterocycles. The molecule has 37 heavy (non-hydrogen) atoms. The van der Waals surface area contributed by atoms with Crippen LogP contribution in [0, 0.1) is 5.92 Å². The van der Waals surface area contributed by atoms with Gasteiger partial charge in [-0.2, -0.15) is 0 Å². The molecule has 196 valence electrons. The van der Waals surface area contributed by atoms with Gasteiger partial charge in [0.15, 0.2) is 0 Å². The van der Waals surface area contributed by atoms with Gasteiger partial charge in [0.25, 0.3) is 11.8 Å². The van der Waals surface area contributed by atoms with Gasteiger partial charge < -0.3 is 16.0 Å². The Balaban J connectivity index is 1.50. The molecule has 3 N–H and O–H groups in total. The van der Waals surface area contributed by atoms with Crippen molar-refractivity contribution in [3.63, 3.8) is 0 Å². The molecule has 0 unspecified atom stereocenters. The average Bonchev–Trinajstić information content (AvgIpc) is 3.14. The first kappa shape index (κ1) is 27.6. The number of imide groups is 1. The molecule has 0 aromatic heterocycles. The summed E-state index contributed by atoms with van der Waals surface area (Å²) in [6.45, 7) is 3.86. The average molecular weight is 507 g/mol. The molecule has 1 aliphatic heterocycles. The molecule has 0 aliphatic carbocycles. The zero-order valence-corrected chi connectivity index (χ0v) is 21.5. The second kappa shape index (κ2) is 12.8. The fourth-order valence-electron chi connectivity index (χ4n) is 4.27. The lowest BCUT2D eigenvalue weighted by Gasteiger charge is -2.25. The second-order valence-corrected chi connectivity index (χ2v) is 9.42. The van der Waals surface area contributed by atoms with Crippen LogP contribution in [0.4, 0.5) is 0 Å². The molecule has 5 amide bonds. The predicted octanol–water partition coefficient (Wildman–Crippen LogP) is 2.07. The minimum atomic E-state index is -0.813. The SMILES string of the molecule is CNC(=O)[C@H](Cc1ccccc1)NC(=O)[C@@H](NC(=O)CCCCN1C(=O)c2ccccc2C1=O)C(C)C. The van der Waals surface area contributed by atoms with Gasteiger partial charge in [-0.3, -0.25) is 28.9 Å². The van der Waals surface area contributed by atoms with E-state index in [2.05, 4.69) is 16.0 Å². The zero-order chi connectivity index (χ0) is 26.9. The van der Waals surface area contributed by atoms with Crippen molar-refractivity contribution in [2.75, 3.05) is 13.6 Å². The molecule has 0 fully saturated rings. The van der Waals surface area contributed by atoms with Gasteiger partial charge in [-0.1, -0.05) is 56.3 Å². The summed E-state index contributed by atoms with van der Waals surface area (Å²) in [4.78, 5) is 64.2. The fraction of sp³-hybridized carbons (Fsp3) is 0.393. The molecule has 2 aromatic carbocycles. The molecule has 0 saturated heterocycles. The van der Waals surface area contributed by atoms with Crippen molar-refractivity contribution < 1.29 is 24.0 Å². The number of hydrogen-bond acceptors (Lipinski definition) is 5. The Hall–Kier alpha value is -4.01. The molecule has 0 saturated carbocycles. The molecule has 9 heteroatoms. The summed E-state index contributed by atoms with van der Waals surface area (Å²) < 4.78 is 0. The third-order valence-electron chi connectivity index (χ3n) is 6.34. The Morgan fingerprint density at radius 1 is 0.811 bits per heavy atom. The van der Waals surface area contributed by atoms with Crippen molar-refractivity contribution in [3.8, 4) is 0 Å². The van der Waals surface area contributed by atoms with Gasteiger partial charge in [-0.05, 0) is 36.5 Å². The highest BCUT2D eigenvalue weighted by atomic mass is 16.2. The van der Waals surface area contributed by atoms with E-state index >= 15 is 0 Å². The normalized spacial score (nSPS) is 14.2. The predicted molar refractivity (Wildman–Crippen MR) is 139 cm³/mol. The van der Waals surface area contributed by atoms with Crippen molar-refractivity contribution in [3.05, 3.63) is 71.3 Å². The van der Waals surface area contributed by atoms with E-state index in [9.17, 15) is 24.0 Å². The van der Waals surface area contributed by atoms with E-state index in [4.69, 9.17) is 0 Å². The van der Waals surface area contributed by atoms with Gasteiger partial charge in [-0.25, -0.2) is 0 Å². The number of nitrogens with one attached hydrogen (secondary N) is 3. The van der Waals surface area contributed by atoms with Gasteiger partial charge >= 0.3 is 0 Å². The molecule has 3 rings (SSSR count). The number of rotatable bonds is 12. The summed E-state index contributed by atoms with van der Waals surface area (Å²) in [5.41, 5.74) is 1.70. The maximum atomic E-state index is 13.0. The Bertz CT molecular complexity index is 1110. The van der Waals surface area contributed by atoms with Crippen molar-refractivity contribution >= 4 is 29.5 Å². The van der Waals surface area contributed by atoms with Crippen LogP contribution in [0.15, 0.2) is 54.6 Å². The Morgan fingerprint density at radius 3 is 1.97 bits per heavy atom. The Morgan fingerprint density at radius 2 is 1.41 bits per heavy atom. The van der Waals surface area contributed by atoms with Crippen molar-refractivity contribution in [2.45, 2.75) is 51.6 Å². The zero-order valence-electron chi connectivity index (χ0n) is 21.5. The molecule has 0 radical (unpaired) electrons. The minimum Gasteiger partial charge on any atom is -0.357 e. The first-order chi connectivity index (χ1) is 17.7. The first-order valence-corrected chi connectivity index (χ1v) is 12.5. The van der Waals surface area contributed by atoms with Gasteiger partial charge in [0, 0.05) is 26.4 Å². The van der Waals surface area contributed by atoms with E-state index in [0.29, 0.717) is 30.4 Å². The second-order valence-electron chi connectivity index (χ2n) is 9.42. The number of nitrogens with zero attached hydrogens (tertiary/aromatic N) is 1. The fourth-order valence-corrected chi connectivity index (χ4v) is 4.27. The number of amides is 5.